The van der Waals surface area contributed by atoms with Crippen molar-refractivity contribution in [3.05, 3.63) is 61.1 Å². The average Bonchev–Trinajstić information content (AvgIpc) is 3.51. The molecule has 9 nitrogen and oxygen atoms in total. The van der Waals surface area contributed by atoms with Gasteiger partial charge in [0.15, 0.2) is 0 Å². The third-order valence-corrected chi connectivity index (χ3v) is 4.96. The lowest BCUT2D eigenvalue weighted by Crippen LogP contribution is -1.91. The van der Waals surface area contributed by atoms with E-state index in [9.17, 15) is 0 Å². The third kappa shape index (κ3) is 2.44. The normalized spacial score (nSPS) is 11.6. The molecule has 6 aromatic rings. The summed E-state index contributed by atoms with van der Waals surface area (Å²) in [6.45, 7) is 1.97. The molecule has 0 unspecified atom stereocenters. The van der Waals surface area contributed by atoms with E-state index in [1.165, 1.54) is 0 Å². The molecule has 6 aromatic heterocycles. The highest BCUT2D eigenvalue weighted by Crippen LogP contribution is 2.30. The molecule has 6 heterocycles. The van der Waals surface area contributed by atoms with Crippen molar-refractivity contribution in [2.75, 3.05) is 0 Å². The summed E-state index contributed by atoms with van der Waals surface area (Å²) in [5.41, 5.74) is 7.75. The highest BCUT2D eigenvalue weighted by molar-refractivity contribution is 5.95. The summed E-state index contributed by atoms with van der Waals surface area (Å²) >= 11 is 0. The maximum absolute atomic E-state index is 4.80. The van der Waals surface area contributed by atoms with Crippen molar-refractivity contribution in [2.24, 2.45) is 0 Å². The van der Waals surface area contributed by atoms with E-state index >= 15 is 0 Å². The summed E-state index contributed by atoms with van der Waals surface area (Å²) in [5, 5.41) is 15.4. The lowest BCUT2D eigenvalue weighted by Gasteiger charge is -2.02. The number of nitrogens with zero attached hydrogens (tertiary/aromatic N) is 6. The fourth-order valence-corrected chi connectivity index (χ4v) is 3.56. The second-order valence-electron chi connectivity index (χ2n) is 6.85. The fraction of sp³-hybridized carbons (Fsp3) is 0.0500. The summed E-state index contributed by atoms with van der Waals surface area (Å²) in [5.74, 6) is 0. The molecule has 0 fully saturated rings. The third-order valence-electron chi connectivity index (χ3n) is 4.96. The first kappa shape index (κ1) is 15.8. The minimum atomic E-state index is 0.746. The Morgan fingerprint density at radius 2 is 2.07 bits per heavy atom. The largest absolute Gasteiger partial charge is 0.338 e. The monoisotopic (exact) mass is 381 g/mol. The van der Waals surface area contributed by atoms with Gasteiger partial charge in [-0.1, -0.05) is 0 Å². The predicted octanol–water partition coefficient (Wildman–Crippen LogP) is 3.39. The van der Waals surface area contributed by atoms with E-state index in [-0.39, 0.29) is 0 Å². The highest BCUT2D eigenvalue weighted by Gasteiger charge is 2.16. The van der Waals surface area contributed by atoms with Gasteiger partial charge in [-0.25, -0.2) is 15.0 Å². The lowest BCUT2D eigenvalue weighted by atomic mass is 10.2. The molecule has 0 bridgehead atoms. The summed E-state index contributed by atoms with van der Waals surface area (Å²) < 4.78 is 1.99. The fourth-order valence-electron chi connectivity index (χ4n) is 3.56. The van der Waals surface area contributed by atoms with E-state index in [0.717, 1.165) is 56.1 Å². The van der Waals surface area contributed by atoms with E-state index in [0.29, 0.717) is 0 Å². The first-order valence-electron chi connectivity index (χ1n) is 9.09. The van der Waals surface area contributed by atoms with Crippen molar-refractivity contribution in [3.63, 3.8) is 0 Å². The Bertz CT molecular complexity index is 1470. The topological polar surface area (TPSA) is 117 Å². The van der Waals surface area contributed by atoms with Crippen LogP contribution in [-0.2, 0) is 0 Å². The molecule has 0 saturated heterocycles. The van der Waals surface area contributed by atoms with Crippen molar-refractivity contribution in [1.29, 1.82) is 0 Å². The average molecular weight is 381 g/mol. The Kier molecular flexibility index (Phi) is 3.19. The minimum Gasteiger partial charge on any atom is -0.338 e. The van der Waals surface area contributed by atoms with Gasteiger partial charge in [-0.2, -0.15) is 10.2 Å². The number of imidazole rings is 1. The van der Waals surface area contributed by atoms with Crippen LogP contribution in [0, 0.1) is 6.92 Å². The van der Waals surface area contributed by atoms with Crippen LogP contribution in [0.5, 0.6) is 0 Å². The SMILES string of the molecule is Cc1cn(-c2ccnc3[nH]c(-c4n[nH]c5ccc(-c6cn[nH]c6)nc45)cc23)cn1. The Labute approximate surface area is 163 Å². The minimum absolute atomic E-state index is 0.746. The molecular formula is C20H15N9. The number of H-pyrrole nitrogens is 3. The van der Waals surface area contributed by atoms with Gasteiger partial charge >= 0.3 is 0 Å². The van der Waals surface area contributed by atoms with Gasteiger partial charge in [0.2, 0.25) is 0 Å². The second kappa shape index (κ2) is 5.86. The van der Waals surface area contributed by atoms with Crippen molar-refractivity contribution in [3.8, 4) is 28.3 Å². The molecule has 3 N–H and O–H groups in total. The van der Waals surface area contributed by atoms with Crippen LogP contribution in [0.15, 0.2) is 55.4 Å². The number of pyridine rings is 2. The highest BCUT2D eigenvalue weighted by atomic mass is 15.1. The van der Waals surface area contributed by atoms with Crippen LogP contribution >= 0.6 is 0 Å². The number of aromatic nitrogens is 9. The van der Waals surface area contributed by atoms with Gasteiger partial charge in [0.25, 0.3) is 0 Å². The predicted molar refractivity (Wildman–Crippen MR) is 108 cm³/mol. The number of nitrogens with one attached hydrogen (secondary N) is 3. The van der Waals surface area contributed by atoms with Crippen LogP contribution in [0.3, 0.4) is 0 Å². The van der Waals surface area contributed by atoms with Crippen LogP contribution in [0.1, 0.15) is 5.69 Å². The molecule has 0 aliphatic heterocycles. The Morgan fingerprint density at radius 3 is 2.90 bits per heavy atom. The smallest absolute Gasteiger partial charge is 0.139 e. The van der Waals surface area contributed by atoms with Crippen LogP contribution in [0.4, 0.5) is 0 Å². The van der Waals surface area contributed by atoms with Gasteiger partial charge < -0.3 is 9.55 Å². The molecule has 0 aromatic carbocycles. The van der Waals surface area contributed by atoms with Crippen molar-refractivity contribution in [1.82, 2.24) is 44.9 Å². The van der Waals surface area contributed by atoms with Crippen molar-refractivity contribution in [2.45, 2.75) is 6.92 Å². The van der Waals surface area contributed by atoms with Crippen LogP contribution in [-0.4, -0.2) is 44.9 Å². The standard InChI is InChI=1S/C20H15N9/c1-11-9-29(10-22-11)17-4-5-21-20-13(17)6-16(26-20)19-18-15(27-28-19)3-2-14(25-18)12-7-23-24-8-12/h2-10H,1H3,(H,21,26)(H,23,24)(H,27,28). The van der Waals surface area contributed by atoms with E-state index in [1.54, 1.807) is 18.7 Å². The quantitative estimate of drug-likeness (QED) is 0.434. The molecule has 0 amide bonds. The number of fused-ring (bicyclic) bond motifs is 2. The van der Waals surface area contributed by atoms with E-state index in [2.05, 4.69) is 41.4 Å². The van der Waals surface area contributed by atoms with E-state index < -0.39 is 0 Å². The van der Waals surface area contributed by atoms with Gasteiger partial charge in [-0.05, 0) is 31.2 Å². The lowest BCUT2D eigenvalue weighted by molar-refractivity contribution is 1.06. The number of rotatable bonds is 3. The van der Waals surface area contributed by atoms with Crippen LogP contribution < -0.4 is 0 Å². The molecule has 0 aliphatic carbocycles. The summed E-state index contributed by atoms with van der Waals surface area (Å²) in [6.07, 6.45) is 9.15. The molecule has 0 radical (unpaired) electrons. The van der Waals surface area contributed by atoms with Crippen molar-refractivity contribution < 1.29 is 0 Å². The number of aryl methyl sites for hydroxylation is 1. The molecular weight excluding hydrogens is 366 g/mol. The molecule has 6 rings (SSSR count). The molecule has 0 spiro atoms. The molecule has 0 aliphatic rings. The van der Waals surface area contributed by atoms with E-state index in [1.807, 2.05) is 42.1 Å². The van der Waals surface area contributed by atoms with E-state index in [4.69, 9.17) is 4.98 Å². The zero-order chi connectivity index (χ0) is 19.4. The Hall–Kier alpha value is -4.27. The van der Waals surface area contributed by atoms with Gasteiger partial charge in [-0.3, -0.25) is 10.2 Å². The van der Waals surface area contributed by atoms with Crippen LogP contribution in [0.25, 0.3) is 50.4 Å². The van der Waals surface area contributed by atoms with Gasteiger partial charge in [0.05, 0.1) is 40.8 Å². The number of aromatic amines is 3. The van der Waals surface area contributed by atoms with Gasteiger partial charge in [-0.15, -0.1) is 0 Å². The molecule has 0 saturated carbocycles. The number of hydrogen-bond donors (Lipinski definition) is 3. The molecule has 140 valence electrons. The summed E-state index contributed by atoms with van der Waals surface area (Å²) in [7, 11) is 0. The molecule has 29 heavy (non-hydrogen) atoms. The summed E-state index contributed by atoms with van der Waals surface area (Å²) in [4.78, 5) is 17.0. The molecule has 9 heteroatoms. The zero-order valence-corrected chi connectivity index (χ0v) is 15.4. The Morgan fingerprint density at radius 1 is 1.10 bits per heavy atom. The maximum atomic E-state index is 4.80. The Balaban J connectivity index is 1.53. The van der Waals surface area contributed by atoms with Crippen molar-refractivity contribution >= 4 is 22.1 Å². The van der Waals surface area contributed by atoms with Crippen LogP contribution in [0.2, 0.25) is 0 Å². The second-order valence-corrected chi connectivity index (χ2v) is 6.85. The molecule has 0 atom stereocenters. The van der Waals surface area contributed by atoms with Gasteiger partial charge in [0.1, 0.15) is 16.9 Å². The maximum Gasteiger partial charge on any atom is 0.139 e. The zero-order valence-electron chi connectivity index (χ0n) is 15.4. The first-order chi connectivity index (χ1) is 14.3. The van der Waals surface area contributed by atoms with Gasteiger partial charge in [0, 0.05) is 29.5 Å². The first-order valence-corrected chi connectivity index (χ1v) is 9.09. The number of hydrogen-bond acceptors (Lipinski definition) is 5. The summed E-state index contributed by atoms with van der Waals surface area (Å²) in [6, 6.07) is 7.94.